The van der Waals surface area contributed by atoms with Gasteiger partial charge in [0, 0.05) is 12.5 Å². The van der Waals surface area contributed by atoms with Gasteiger partial charge in [0.05, 0.1) is 19.8 Å². The molecule has 3 atom stereocenters. The molecule has 0 unspecified atom stereocenters. The van der Waals surface area contributed by atoms with Crippen molar-refractivity contribution >= 4 is 17.6 Å². The maximum atomic E-state index is 13.8. The van der Waals surface area contributed by atoms with Gasteiger partial charge in [0.2, 0.25) is 5.91 Å². The number of hydrogen-bond acceptors (Lipinski definition) is 6. The van der Waals surface area contributed by atoms with Crippen molar-refractivity contribution in [3.05, 3.63) is 64.1 Å². The summed E-state index contributed by atoms with van der Waals surface area (Å²) in [5.74, 6) is -0.530. The van der Waals surface area contributed by atoms with Gasteiger partial charge in [-0.05, 0) is 43.0 Å². The van der Waals surface area contributed by atoms with Gasteiger partial charge in [0.25, 0.3) is 11.5 Å². The summed E-state index contributed by atoms with van der Waals surface area (Å²) >= 11 is 0. The van der Waals surface area contributed by atoms with Gasteiger partial charge in [-0.3, -0.25) is 23.7 Å². The van der Waals surface area contributed by atoms with Crippen molar-refractivity contribution in [3.63, 3.8) is 0 Å². The highest BCUT2D eigenvalue weighted by Crippen LogP contribution is 2.34. The van der Waals surface area contributed by atoms with Gasteiger partial charge in [0.15, 0.2) is 5.78 Å². The molecular weight excluding hydrogens is 462 g/mol. The number of Topliss-reactive ketones (excluding diaryl/α,β-unsaturated/α-hetero) is 1. The fraction of sp³-hybridized carbons (Fsp3) is 0.481. The fourth-order valence-corrected chi connectivity index (χ4v) is 5.01. The number of nitrogens with two attached hydrogens (primary N) is 1. The summed E-state index contributed by atoms with van der Waals surface area (Å²) in [6.45, 7) is 2.05. The molecule has 2 fully saturated rings. The minimum Gasteiger partial charge on any atom is -0.497 e. The van der Waals surface area contributed by atoms with E-state index in [-0.39, 0.29) is 17.9 Å². The van der Waals surface area contributed by atoms with Crippen LogP contribution in [0.3, 0.4) is 0 Å². The molecule has 1 aromatic heterocycles. The molecule has 1 saturated heterocycles. The first-order chi connectivity index (χ1) is 17.2. The molecule has 2 amide bonds. The Hall–Kier alpha value is -3.46. The number of aromatic nitrogens is 1. The first kappa shape index (κ1) is 25.6. The molecule has 1 aliphatic heterocycles. The number of primary amides is 1. The number of amides is 2. The highest BCUT2D eigenvalue weighted by Gasteiger charge is 2.50. The van der Waals surface area contributed by atoms with Crippen molar-refractivity contribution in [2.24, 2.45) is 11.7 Å². The van der Waals surface area contributed by atoms with E-state index in [0.29, 0.717) is 24.7 Å². The van der Waals surface area contributed by atoms with Crippen LogP contribution >= 0.6 is 0 Å². The number of carbonyl (C=O) groups excluding carboxylic acids is 3. The Kier molecular flexibility index (Phi) is 7.59. The second kappa shape index (κ2) is 10.7. The summed E-state index contributed by atoms with van der Waals surface area (Å²) < 4.78 is 11.7. The van der Waals surface area contributed by atoms with Gasteiger partial charge in [-0.25, -0.2) is 0 Å². The van der Waals surface area contributed by atoms with E-state index in [2.05, 4.69) is 5.32 Å². The lowest BCUT2D eigenvalue weighted by Crippen LogP contribution is -2.50. The number of epoxide rings is 1. The number of hydrogen-bond donors (Lipinski definition) is 2. The van der Waals surface area contributed by atoms with E-state index < -0.39 is 35.1 Å². The Morgan fingerprint density at radius 3 is 2.42 bits per heavy atom. The maximum absolute atomic E-state index is 13.8. The van der Waals surface area contributed by atoms with Gasteiger partial charge in [-0.2, -0.15) is 0 Å². The van der Waals surface area contributed by atoms with Gasteiger partial charge >= 0.3 is 0 Å². The summed E-state index contributed by atoms with van der Waals surface area (Å²) in [4.78, 5) is 52.2. The van der Waals surface area contributed by atoms with Crippen molar-refractivity contribution in [1.29, 1.82) is 0 Å². The Morgan fingerprint density at radius 1 is 1.17 bits per heavy atom. The highest BCUT2D eigenvalue weighted by molar-refractivity contribution is 5.97. The van der Waals surface area contributed by atoms with E-state index in [1.807, 2.05) is 0 Å². The zero-order valence-corrected chi connectivity index (χ0v) is 20.7. The van der Waals surface area contributed by atoms with Crippen molar-refractivity contribution < 1.29 is 23.9 Å². The average molecular weight is 496 g/mol. The number of ketones is 1. The third kappa shape index (κ3) is 5.67. The third-order valence-electron chi connectivity index (χ3n) is 7.22. The van der Waals surface area contributed by atoms with Gasteiger partial charge in [0.1, 0.15) is 23.1 Å². The van der Waals surface area contributed by atoms with Crippen LogP contribution in [0.15, 0.2) is 47.3 Å². The molecule has 2 aliphatic rings. The van der Waals surface area contributed by atoms with Crippen LogP contribution in [0.2, 0.25) is 0 Å². The van der Waals surface area contributed by atoms with Crippen LogP contribution in [0.1, 0.15) is 61.1 Å². The molecule has 2 aromatic rings. The molecule has 1 saturated carbocycles. The molecule has 0 bridgehead atoms. The SMILES string of the molecule is COc1ccc(C[C@@H](C(=O)N[C@@H](CC2CCCC2)C(=O)[C@@]2(C)CO2)n2c(C(N)=O)cccc2=O)cc1. The smallest absolute Gasteiger partial charge is 0.265 e. The van der Waals surface area contributed by atoms with Gasteiger partial charge in [-0.15, -0.1) is 0 Å². The van der Waals surface area contributed by atoms with Crippen LogP contribution in [0.25, 0.3) is 0 Å². The monoisotopic (exact) mass is 495 g/mol. The molecule has 0 spiro atoms. The first-order valence-electron chi connectivity index (χ1n) is 12.3. The minimum atomic E-state index is -1.10. The van der Waals surface area contributed by atoms with Gasteiger partial charge in [-0.1, -0.05) is 43.9 Å². The van der Waals surface area contributed by atoms with Crippen LogP contribution in [0.4, 0.5) is 0 Å². The first-order valence-corrected chi connectivity index (χ1v) is 12.3. The maximum Gasteiger partial charge on any atom is 0.265 e. The summed E-state index contributed by atoms with van der Waals surface area (Å²) in [6.07, 6.45) is 4.86. The van der Waals surface area contributed by atoms with Crippen LogP contribution in [-0.2, 0) is 20.7 Å². The molecular formula is C27H33N3O6. The van der Waals surface area contributed by atoms with Crippen LogP contribution in [0.5, 0.6) is 5.75 Å². The molecule has 1 aliphatic carbocycles. The summed E-state index contributed by atoms with van der Waals surface area (Å²) in [7, 11) is 1.56. The average Bonchev–Trinajstić information content (AvgIpc) is 3.41. The molecule has 2 heterocycles. The number of carbonyl (C=O) groups is 3. The molecule has 4 rings (SSSR count). The normalized spacial score (nSPS) is 20.9. The number of benzene rings is 1. The third-order valence-corrected chi connectivity index (χ3v) is 7.22. The Bertz CT molecular complexity index is 1180. The van der Waals surface area contributed by atoms with Crippen LogP contribution < -0.4 is 21.3 Å². The number of methoxy groups -OCH3 is 1. The number of nitrogens with zero attached hydrogens (tertiary/aromatic N) is 1. The summed E-state index contributed by atoms with van der Waals surface area (Å²) in [6, 6.07) is 9.37. The second-order valence-corrected chi connectivity index (χ2v) is 9.88. The second-order valence-electron chi connectivity index (χ2n) is 9.88. The van der Waals surface area contributed by atoms with Crippen molar-refractivity contribution in [2.45, 2.75) is 63.1 Å². The van der Waals surface area contributed by atoms with E-state index in [9.17, 15) is 19.2 Å². The largest absolute Gasteiger partial charge is 0.497 e. The zero-order chi connectivity index (χ0) is 25.9. The summed E-state index contributed by atoms with van der Waals surface area (Å²) in [5, 5.41) is 2.92. The van der Waals surface area contributed by atoms with Crippen molar-refractivity contribution in [1.82, 2.24) is 9.88 Å². The molecule has 1 aromatic carbocycles. The topological polar surface area (TPSA) is 133 Å². The van der Waals surface area contributed by atoms with Crippen LogP contribution in [-0.4, -0.2) is 47.5 Å². The number of nitrogens with one attached hydrogen (secondary N) is 1. The van der Waals surface area contributed by atoms with Gasteiger partial charge < -0.3 is 20.5 Å². The molecule has 9 heteroatoms. The predicted octanol–water partition coefficient (Wildman–Crippen LogP) is 2.16. The quantitative estimate of drug-likeness (QED) is 0.459. The Balaban J connectivity index is 1.67. The molecule has 0 radical (unpaired) electrons. The minimum absolute atomic E-state index is 0.0766. The van der Waals surface area contributed by atoms with E-state index >= 15 is 0 Å². The van der Waals surface area contributed by atoms with Crippen molar-refractivity contribution in [2.75, 3.05) is 13.7 Å². The Morgan fingerprint density at radius 2 is 1.83 bits per heavy atom. The standard InChI is InChI=1S/C27H33N3O6/c1-27(16-36-27)24(32)20(14-17-6-3-4-7-17)29-26(34)22(15-18-10-12-19(35-2)13-11-18)30-21(25(28)33)8-5-9-23(30)31/h5,8-13,17,20,22H,3-4,6-7,14-16H2,1-2H3,(H2,28,33)(H,29,34)/t20-,22-,27+/m0/s1. The fourth-order valence-electron chi connectivity index (χ4n) is 5.01. The number of pyridine rings is 1. The van der Waals surface area contributed by atoms with Crippen molar-refractivity contribution in [3.8, 4) is 5.75 Å². The molecule has 9 nitrogen and oxygen atoms in total. The predicted molar refractivity (Wildman–Crippen MR) is 133 cm³/mol. The molecule has 192 valence electrons. The van der Waals surface area contributed by atoms with E-state index in [0.717, 1.165) is 35.8 Å². The van der Waals surface area contributed by atoms with Crippen LogP contribution in [0, 0.1) is 5.92 Å². The molecule has 36 heavy (non-hydrogen) atoms. The Labute approximate surface area is 210 Å². The lowest BCUT2D eigenvalue weighted by molar-refractivity contribution is -0.132. The number of ether oxygens (including phenoxy) is 2. The zero-order valence-electron chi connectivity index (χ0n) is 20.7. The highest BCUT2D eigenvalue weighted by atomic mass is 16.6. The number of rotatable bonds is 11. The molecule has 3 N–H and O–H groups in total. The lowest BCUT2D eigenvalue weighted by atomic mass is 9.90. The lowest BCUT2D eigenvalue weighted by Gasteiger charge is -2.27. The van der Waals surface area contributed by atoms with E-state index in [1.165, 1.54) is 18.2 Å². The van der Waals surface area contributed by atoms with E-state index in [4.69, 9.17) is 15.2 Å². The summed E-state index contributed by atoms with van der Waals surface area (Å²) in [5.41, 5.74) is 4.80. The van der Waals surface area contributed by atoms with E-state index in [1.54, 1.807) is 38.3 Å².